The summed E-state index contributed by atoms with van der Waals surface area (Å²) < 4.78 is 49.8. The molecule has 5 heterocycles. The fourth-order valence-corrected chi connectivity index (χ4v) is 11.2. The number of urea groups is 1. The van der Waals surface area contributed by atoms with Crippen molar-refractivity contribution >= 4 is 64.1 Å². The molecule has 0 aromatic carbocycles. The van der Waals surface area contributed by atoms with E-state index in [1.807, 2.05) is 4.98 Å². The Kier molecular flexibility index (Phi) is 17.2. The maximum atomic E-state index is 12.6. The van der Waals surface area contributed by atoms with Gasteiger partial charge >= 0.3 is 27.4 Å². The molecule has 1 aromatic heterocycles. The van der Waals surface area contributed by atoms with Gasteiger partial charge in [0.1, 0.15) is 47.6 Å². The van der Waals surface area contributed by atoms with Gasteiger partial charge in [0, 0.05) is 44.1 Å². The molecule has 1 aromatic rings. The molecule has 7 unspecified atom stereocenters. The molecule has 26 nitrogen and oxygen atoms in total. The molecule has 4 saturated heterocycles. The highest BCUT2D eigenvalue weighted by molar-refractivity contribution is 8.01. The Morgan fingerprint density at radius 1 is 0.984 bits per heavy atom. The van der Waals surface area contributed by atoms with Crippen LogP contribution in [0.15, 0.2) is 27.0 Å². The summed E-state index contributed by atoms with van der Waals surface area (Å²) in [7, 11) is -11.3. The molecule has 346 valence electrons. The minimum atomic E-state index is -5.74. The number of nitrogens with one attached hydrogen (secondary N) is 5. The van der Waals surface area contributed by atoms with Crippen molar-refractivity contribution in [1.29, 1.82) is 0 Å². The third kappa shape index (κ3) is 13.2. The van der Waals surface area contributed by atoms with Crippen molar-refractivity contribution in [3.63, 3.8) is 0 Å². The number of aliphatic hydroxyl groups is 5. The zero-order valence-corrected chi connectivity index (χ0v) is 35.5. The molecule has 14 atom stereocenters. The summed E-state index contributed by atoms with van der Waals surface area (Å²) in [5, 5.41) is 63.9. The second kappa shape index (κ2) is 21.3. The fraction of sp³-hybridized carbons (Fsp3) is 0.742. The number of ether oxygens (including phenoxy) is 2. The molecule has 4 amide bonds. The average Bonchev–Trinajstić information content (AvgIpc) is 3.75. The van der Waals surface area contributed by atoms with Gasteiger partial charge in [0.15, 0.2) is 12.5 Å². The second-order valence-corrected chi connectivity index (χ2v) is 19.4. The zero-order chi connectivity index (χ0) is 44.7. The number of thiol groups is 1. The van der Waals surface area contributed by atoms with Gasteiger partial charge in [0.2, 0.25) is 11.8 Å². The lowest BCUT2D eigenvalue weighted by Crippen LogP contribution is -2.58. The number of rotatable bonds is 21. The molecular formula is C31H51N7O19P2S2. The van der Waals surface area contributed by atoms with Gasteiger partial charge in [0.05, 0.1) is 18.9 Å². The topological polar surface area (TPSA) is 388 Å². The van der Waals surface area contributed by atoms with Gasteiger partial charge in [-0.2, -0.15) is 21.2 Å². The number of amides is 4. The minimum absolute atomic E-state index is 0. The van der Waals surface area contributed by atoms with Crippen LogP contribution in [0.5, 0.6) is 0 Å². The van der Waals surface area contributed by atoms with Crippen LogP contribution in [0.25, 0.3) is 0 Å². The number of hydrogen-bond acceptors (Lipinski definition) is 20. The van der Waals surface area contributed by atoms with Gasteiger partial charge in [-0.3, -0.25) is 33.0 Å². The number of aromatic amines is 1. The van der Waals surface area contributed by atoms with Crippen LogP contribution in [0.4, 0.5) is 4.79 Å². The number of H-pyrrole nitrogens is 1. The van der Waals surface area contributed by atoms with Crippen molar-refractivity contribution in [2.75, 3.05) is 18.9 Å². The maximum Gasteiger partial charge on any atom is 0.483 e. The average molecular weight is 952 g/mol. The van der Waals surface area contributed by atoms with Crippen molar-refractivity contribution in [3.05, 3.63) is 33.1 Å². The normalized spacial score (nSPS) is 34.3. The number of hydrazone groups is 1. The fourth-order valence-electron chi connectivity index (χ4n) is 6.73. The lowest BCUT2D eigenvalue weighted by molar-refractivity contribution is -0.259. The standard InChI is InChI=1S/C31H49N7O19P2S2.H2/c39-19(7-4-3-6-18-31(60)17(14-61-18)34-29(47)36-31)32-10-5-1-2-8-21(41)37-33-12-15-22(42)24(44)26(46)28(55-15)56-59(51,52)57-58(49,50)53-13-16-23(43)25(45)27(54-16)38-11-9-20(40)35-30(38)48;/h9,11-12,15-18,22-28,42-46,60H,1-8,10,13-14H2,(H,32,39)(H,37,41)(H,49,50)(H,51,52)(H2,34,36,47)(H,35,40,48);1H/t15?,16-,17+,18+,22?,23-,24?,25-,26?,27-,28?,31-;/m1./s1. The first-order valence-corrected chi connectivity index (χ1v) is 23.4. The van der Waals surface area contributed by atoms with Gasteiger partial charge in [0.25, 0.3) is 5.56 Å². The maximum absolute atomic E-state index is 12.6. The number of carbonyl (C=O) groups is 3. The number of hydrogen-bond donors (Lipinski definition) is 13. The highest BCUT2D eigenvalue weighted by atomic mass is 32.2. The van der Waals surface area contributed by atoms with E-state index >= 15 is 0 Å². The smallest absolute Gasteiger partial charge is 0.387 e. The largest absolute Gasteiger partial charge is 0.483 e. The van der Waals surface area contributed by atoms with Crippen LogP contribution in [0.1, 0.15) is 59.0 Å². The van der Waals surface area contributed by atoms with E-state index < -0.39 is 99.5 Å². The quantitative estimate of drug-likeness (QED) is 0.0148. The number of phosphoric ester groups is 2. The number of aromatic nitrogens is 2. The first-order valence-electron chi connectivity index (χ1n) is 18.9. The highest BCUT2D eigenvalue weighted by Gasteiger charge is 2.54. The van der Waals surface area contributed by atoms with Crippen molar-refractivity contribution in [3.8, 4) is 0 Å². The van der Waals surface area contributed by atoms with Crippen LogP contribution in [-0.2, 0) is 41.6 Å². The Bertz CT molecular complexity index is 1970. The monoisotopic (exact) mass is 951 g/mol. The molecule has 4 aliphatic heterocycles. The van der Waals surface area contributed by atoms with E-state index in [0.717, 1.165) is 37.1 Å². The summed E-state index contributed by atoms with van der Waals surface area (Å²) in [6.45, 7) is -0.659. The lowest BCUT2D eigenvalue weighted by Gasteiger charge is -2.38. The SMILES string of the molecule is O=C(CCCC[C@@H]1SC[C@@H]2NC(=O)N[C@@]21S)NCCCCCC(=O)NN=CC1OC(OP(=O)(O)OP(=O)(O)OC[C@H]2O[C@@H](n3ccc(=O)[nH]c3=O)[C@H](O)[C@@H]2O)C(O)C(O)C1O.[HH]. The number of nitrogens with zero attached hydrogens (tertiary/aromatic N) is 2. The Morgan fingerprint density at radius 2 is 1.70 bits per heavy atom. The Hall–Kier alpha value is -2.76. The predicted octanol–water partition coefficient (Wildman–Crippen LogP) is -2.78. The summed E-state index contributed by atoms with van der Waals surface area (Å²) in [6, 6.07) is 0.677. The molecule has 4 aliphatic rings. The summed E-state index contributed by atoms with van der Waals surface area (Å²) in [5.41, 5.74) is 0.385. The van der Waals surface area contributed by atoms with Gasteiger partial charge in [-0.05, 0) is 25.7 Å². The summed E-state index contributed by atoms with van der Waals surface area (Å²) >= 11 is 6.45. The van der Waals surface area contributed by atoms with E-state index in [1.54, 1.807) is 11.8 Å². The summed E-state index contributed by atoms with van der Waals surface area (Å²) in [5.74, 6) is 0.134. The minimum Gasteiger partial charge on any atom is -0.387 e. The van der Waals surface area contributed by atoms with Crippen LogP contribution < -0.4 is 32.6 Å². The van der Waals surface area contributed by atoms with Gasteiger partial charge < -0.3 is 60.7 Å². The van der Waals surface area contributed by atoms with Gasteiger partial charge in [-0.1, -0.05) is 12.8 Å². The summed E-state index contributed by atoms with van der Waals surface area (Å²) in [4.78, 5) is 81.1. The van der Waals surface area contributed by atoms with Crippen LogP contribution in [0.2, 0.25) is 0 Å². The Balaban J connectivity index is 0.00000845. The third-order valence-corrected chi connectivity index (χ3v) is 15.0. The zero-order valence-electron chi connectivity index (χ0n) is 32.0. The number of phosphoric acid groups is 2. The van der Waals surface area contributed by atoms with E-state index in [9.17, 15) is 68.4 Å². The van der Waals surface area contributed by atoms with Crippen LogP contribution in [-0.4, -0.2) is 153 Å². The van der Waals surface area contributed by atoms with E-state index in [-0.39, 0.29) is 31.1 Å². The molecule has 0 spiro atoms. The Morgan fingerprint density at radius 3 is 2.44 bits per heavy atom. The third-order valence-electron chi connectivity index (χ3n) is 9.95. The molecular weight excluding hydrogens is 900 g/mol. The van der Waals surface area contributed by atoms with E-state index in [2.05, 4.69) is 39.8 Å². The second-order valence-electron chi connectivity index (χ2n) is 14.4. The van der Waals surface area contributed by atoms with Crippen LogP contribution in [0, 0.1) is 0 Å². The molecule has 30 heteroatoms. The number of thioether (sulfide) groups is 1. The summed E-state index contributed by atoms with van der Waals surface area (Å²) in [6.07, 6.45) is -11.0. The number of fused-ring (bicyclic) bond motifs is 1. The molecule has 0 radical (unpaired) electrons. The van der Waals surface area contributed by atoms with Gasteiger partial charge in [-0.15, -0.1) is 12.6 Å². The first-order chi connectivity index (χ1) is 28.7. The first kappa shape index (κ1) is 49.3. The van der Waals surface area contributed by atoms with Crippen molar-refractivity contribution in [2.24, 2.45) is 5.10 Å². The van der Waals surface area contributed by atoms with E-state index in [1.165, 1.54) is 0 Å². The van der Waals surface area contributed by atoms with E-state index in [0.29, 0.717) is 43.2 Å². The molecule has 0 aliphatic carbocycles. The van der Waals surface area contributed by atoms with Crippen molar-refractivity contribution in [1.82, 2.24) is 30.9 Å². The molecule has 61 heavy (non-hydrogen) atoms. The molecule has 5 rings (SSSR count). The predicted molar refractivity (Wildman–Crippen MR) is 214 cm³/mol. The molecule has 0 bridgehead atoms. The van der Waals surface area contributed by atoms with Crippen molar-refractivity contribution < 1.29 is 83.1 Å². The lowest BCUT2D eigenvalue weighted by atomic mass is 10.00. The number of carbonyl (C=O) groups excluding carboxylic acids is 3. The van der Waals surface area contributed by atoms with Crippen molar-refractivity contribution in [2.45, 2.75) is 123 Å². The highest BCUT2D eigenvalue weighted by Crippen LogP contribution is 2.61. The molecule has 12 N–H and O–H groups in total. The van der Waals surface area contributed by atoms with E-state index in [4.69, 9.17) is 22.1 Å². The van der Waals surface area contributed by atoms with Gasteiger partial charge in [-0.25, -0.2) is 24.1 Å². The molecule has 4 fully saturated rings. The van der Waals surface area contributed by atoms with Crippen LogP contribution in [0.3, 0.4) is 0 Å². The Labute approximate surface area is 357 Å². The number of aliphatic hydroxyl groups excluding tert-OH is 5. The van der Waals surface area contributed by atoms with Crippen LogP contribution >= 0.6 is 40.0 Å². The molecule has 0 saturated carbocycles. The number of unbranched alkanes of at least 4 members (excludes halogenated alkanes) is 3.